The fourth-order valence-electron chi connectivity index (χ4n) is 4.56. The maximum Gasteiger partial charge on any atom is 0.0900 e. The first-order valence-electron chi connectivity index (χ1n) is 9.33. The van der Waals surface area contributed by atoms with E-state index in [0.717, 1.165) is 38.6 Å². The Balaban J connectivity index is 1.33. The number of allylic oxidation sites excluding steroid dienone is 1. The van der Waals surface area contributed by atoms with Crippen LogP contribution in [-0.4, -0.2) is 73.5 Å². The fraction of sp³-hybridized carbons (Fsp3) is 0.800. The molecule has 4 heteroatoms. The second kappa shape index (κ2) is 7.58. The topological polar surface area (TPSA) is 35.9 Å². The number of β-amino-alcohol motifs (C(OH)–C–C–N with tert-alkyl or cyclic N) is 1. The van der Waals surface area contributed by atoms with Crippen LogP contribution in [0.15, 0.2) is 11.6 Å². The molecule has 3 unspecified atom stereocenters. The first-order valence-corrected chi connectivity index (χ1v) is 9.33. The van der Waals surface area contributed by atoms with Crippen molar-refractivity contribution in [3.8, 4) is 12.3 Å². The molecule has 1 saturated heterocycles. The summed E-state index contributed by atoms with van der Waals surface area (Å²) in [4.78, 5) is 4.59. The molecule has 0 aromatic rings. The van der Waals surface area contributed by atoms with Gasteiger partial charge in [0, 0.05) is 32.7 Å². The van der Waals surface area contributed by atoms with Gasteiger partial charge in [-0.2, -0.15) is 0 Å². The SMILES string of the molecule is C#CCN1CCN(CC(O)COCC2=CCC3CC2C3(C)C)CC1. The van der Waals surface area contributed by atoms with Gasteiger partial charge in [-0.3, -0.25) is 9.80 Å². The smallest absolute Gasteiger partial charge is 0.0900 e. The van der Waals surface area contributed by atoms with Gasteiger partial charge in [-0.05, 0) is 35.7 Å². The molecule has 134 valence electrons. The van der Waals surface area contributed by atoms with Crippen molar-refractivity contribution in [2.24, 2.45) is 17.3 Å². The van der Waals surface area contributed by atoms with Gasteiger partial charge in [-0.25, -0.2) is 0 Å². The summed E-state index contributed by atoms with van der Waals surface area (Å²) in [5, 5.41) is 10.2. The zero-order valence-electron chi connectivity index (χ0n) is 15.2. The van der Waals surface area contributed by atoms with E-state index in [9.17, 15) is 5.11 Å². The number of hydrogen-bond donors (Lipinski definition) is 1. The largest absolute Gasteiger partial charge is 0.389 e. The van der Waals surface area contributed by atoms with Crippen molar-refractivity contribution in [2.75, 3.05) is 52.5 Å². The van der Waals surface area contributed by atoms with Gasteiger partial charge in [-0.15, -0.1) is 6.42 Å². The second-order valence-corrected chi connectivity index (χ2v) is 8.27. The lowest BCUT2D eigenvalue weighted by Gasteiger charge is -2.56. The summed E-state index contributed by atoms with van der Waals surface area (Å²) in [5.74, 6) is 4.26. The van der Waals surface area contributed by atoms with E-state index < -0.39 is 6.10 Å². The van der Waals surface area contributed by atoms with Crippen LogP contribution in [0.3, 0.4) is 0 Å². The Labute approximate surface area is 146 Å². The fourth-order valence-corrected chi connectivity index (χ4v) is 4.56. The highest BCUT2D eigenvalue weighted by molar-refractivity contribution is 5.23. The third-order valence-electron chi connectivity index (χ3n) is 6.41. The number of ether oxygens (including phenoxy) is 1. The Morgan fingerprint density at radius 3 is 2.67 bits per heavy atom. The maximum absolute atomic E-state index is 10.2. The molecule has 4 nitrogen and oxygen atoms in total. The standard InChI is InChI=1S/C20H32N2O2/c1-4-7-21-8-10-22(11-9-21)13-18(23)15-24-14-16-5-6-17-12-19(16)20(17,2)3/h1,5,17-19,23H,6-15H2,2-3H3. The molecule has 3 atom stereocenters. The van der Waals surface area contributed by atoms with Crippen molar-refractivity contribution in [2.45, 2.75) is 32.8 Å². The first kappa shape index (κ1) is 17.9. The molecule has 0 amide bonds. The highest BCUT2D eigenvalue weighted by Gasteiger charge is 2.50. The van der Waals surface area contributed by atoms with Crippen LogP contribution in [0, 0.1) is 29.6 Å². The molecule has 4 aliphatic rings. The minimum Gasteiger partial charge on any atom is -0.389 e. The van der Waals surface area contributed by atoms with Crippen molar-refractivity contribution in [1.82, 2.24) is 9.80 Å². The summed E-state index contributed by atoms with van der Waals surface area (Å²) in [6.07, 6.45) is 9.85. The molecular formula is C20H32N2O2. The maximum atomic E-state index is 10.2. The van der Waals surface area contributed by atoms with E-state index in [0.29, 0.717) is 31.1 Å². The number of terminal acetylenes is 1. The molecule has 3 aliphatic carbocycles. The lowest BCUT2D eigenvalue weighted by atomic mass is 9.49. The highest BCUT2D eigenvalue weighted by atomic mass is 16.5. The summed E-state index contributed by atoms with van der Waals surface area (Å²) in [6.45, 7) is 11.2. The van der Waals surface area contributed by atoms with Gasteiger partial charge in [-0.1, -0.05) is 25.8 Å². The molecule has 0 aromatic carbocycles. The Morgan fingerprint density at radius 1 is 1.33 bits per heavy atom. The van der Waals surface area contributed by atoms with E-state index in [-0.39, 0.29) is 0 Å². The van der Waals surface area contributed by atoms with E-state index >= 15 is 0 Å². The van der Waals surface area contributed by atoms with Crippen LogP contribution in [0.5, 0.6) is 0 Å². The quantitative estimate of drug-likeness (QED) is 0.568. The van der Waals surface area contributed by atoms with Crippen LogP contribution in [0.25, 0.3) is 0 Å². The third-order valence-corrected chi connectivity index (χ3v) is 6.41. The minimum atomic E-state index is -0.407. The van der Waals surface area contributed by atoms with E-state index in [2.05, 4.69) is 35.6 Å². The van der Waals surface area contributed by atoms with Crippen LogP contribution in [0.2, 0.25) is 0 Å². The van der Waals surface area contributed by atoms with E-state index in [1.807, 2.05) is 0 Å². The van der Waals surface area contributed by atoms with Crippen LogP contribution in [0.1, 0.15) is 26.7 Å². The summed E-state index contributed by atoms with van der Waals surface area (Å²) < 4.78 is 5.84. The Hall–Kier alpha value is -0.860. The van der Waals surface area contributed by atoms with Gasteiger partial charge in [0.2, 0.25) is 0 Å². The Bertz CT molecular complexity index is 500. The average Bonchev–Trinajstić information content (AvgIpc) is 2.57. The Morgan fingerprint density at radius 2 is 2.04 bits per heavy atom. The molecule has 4 rings (SSSR count). The summed E-state index contributed by atoms with van der Waals surface area (Å²) in [5.41, 5.74) is 1.90. The van der Waals surface area contributed by atoms with Crippen molar-refractivity contribution in [3.05, 3.63) is 11.6 Å². The molecule has 2 fully saturated rings. The van der Waals surface area contributed by atoms with Gasteiger partial charge in [0.1, 0.15) is 0 Å². The van der Waals surface area contributed by atoms with Gasteiger partial charge in [0.15, 0.2) is 0 Å². The van der Waals surface area contributed by atoms with Crippen molar-refractivity contribution in [1.29, 1.82) is 0 Å². The number of nitrogens with zero attached hydrogens (tertiary/aromatic N) is 2. The molecule has 1 saturated carbocycles. The van der Waals surface area contributed by atoms with E-state index in [1.54, 1.807) is 0 Å². The van der Waals surface area contributed by atoms with Crippen molar-refractivity contribution >= 4 is 0 Å². The van der Waals surface area contributed by atoms with Crippen molar-refractivity contribution < 1.29 is 9.84 Å². The van der Waals surface area contributed by atoms with Crippen LogP contribution in [0.4, 0.5) is 0 Å². The van der Waals surface area contributed by atoms with Gasteiger partial charge in [0.05, 0.1) is 25.9 Å². The molecular weight excluding hydrogens is 300 g/mol. The van der Waals surface area contributed by atoms with E-state index in [1.165, 1.54) is 18.4 Å². The number of hydrogen-bond acceptors (Lipinski definition) is 4. The van der Waals surface area contributed by atoms with Gasteiger partial charge < -0.3 is 9.84 Å². The predicted octanol–water partition coefficient (Wildman–Crippen LogP) is 1.61. The molecule has 2 bridgehead atoms. The lowest BCUT2D eigenvalue weighted by Crippen LogP contribution is -2.49. The zero-order valence-corrected chi connectivity index (χ0v) is 15.2. The monoisotopic (exact) mass is 332 g/mol. The van der Waals surface area contributed by atoms with Crippen molar-refractivity contribution in [3.63, 3.8) is 0 Å². The van der Waals surface area contributed by atoms with Gasteiger partial charge >= 0.3 is 0 Å². The molecule has 1 N–H and O–H groups in total. The van der Waals surface area contributed by atoms with Crippen LogP contribution >= 0.6 is 0 Å². The number of rotatable bonds is 7. The molecule has 24 heavy (non-hydrogen) atoms. The molecule has 0 aromatic heterocycles. The minimum absolute atomic E-state index is 0.407. The highest BCUT2D eigenvalue weighted by Crippen LogP contribution is 2.59. The molecule has 1 heterocycles. The molecule has 1 aliphatic heterocycles. The van der Waals surface area contributed by atoms with Crippen LogP contribution in [-0.2, 0) is 4.74 Å². The normalized spacial score (nSPS) is 31.0. The second-order valence-electron chi connectivity index (χ2n) is 8.27. The third kappa shape index (κ3) is 3.86. The number of piperazine rings is 1. The number of aliphatic hydroxyl groups is 1. The van der Waals surface area contributed by atoms with E-state index in [4.69, 9.17) is 11.2 Å². The molecule has 0 radical (unpaired) electrons. The summed E-state index contributed by atoms with van der Waals surface area (Å²) >= 11 is 0. The summed E-state index contributed by atoms with van der Waals surface area (Å²) in [6, 6.07) is 0. The summed E-state index contributed by atoms with van der Waals surface area (Å²) in [7, 11) is 0. The first-order chi connectivity index (χ1) is 11.5. The predicted molar refractivity (Wildman–Crippen MR) is 96.6 cm³/mol. The van der Waals surface area contributed by atoms with Crippen LogP contribution < -0.4 is 0 Å². The average molecular weight is 332 g/mol. The Kier molecular flexibility index (Phi) is 5.66. The number of fused-ring (bicyclic) bond motifs is 1. The van der Waals surface area contributed by atoms with Gasteiger partial charge in [0.25, 0.3) is 0 Å². The lowest BCUT2D eigenvalue weighted by molar-refractivity contribution is -0.0273. The zero-order chi connectivity index (χ0) is 17.2. The number of aliphatic hydroxyl groups excluding tert-OH is 1. The molecule has 0 spiro atoms.